The molecule has 0 bridgehead atoms. The second-order valence-corrected chi connectivity index (χ2v) is 4.73. The quantitative estimate of drug-likeness (QED) is 0.662. The van der Waals surface area contributed by atoms with Crippen LogP contribution in [0.4, 0.5) is 0 Å². The number of benzene rings is 1. The van der Waals surface area contributed by atoms with Crippen molar-refractivity contribution in [1.29, 1.82) is 0 Å². The van der Waals surface area contributed by atoms with Crippen molar-refractivity contribution in [2.24, 2.45) is 5.84 Å². The van der Waals surface area contributed by atoms with Crippen molar-refractivity contribution in [3.8, 4) is 0 Å². The van der Waals surface area contributed by atoms with E-state index in [1.54, 1.807) is 0 Å². The van der Waals surface area contributed by atoms with Crippen LogP contribution in [0, 0.1) is 0 Å². The second-order valence-electron chi connectivity index (χ2n) is 3.82. The van der Waals surface area contributed by atoms with Crippen molar-refractivity contribution in [3.05, 3.63) is 46.1 Å². The maximum absolute atomic E-state index is 5.62. The normalized spacial score (nSPS) is 17.5. The fourth-order valence-electron chi connectivity index (χ4n) is 1.87. The Kier molecular flexibility index (Phi) is 3.98. The molecule has 86 valence electrons. The molecular weight excluding hydrogens is 268 g/mol. The Morgan fingerprint density at radius 3 is 2.62 bits per heavy atom. The van der Waals surface area contributed by atoms with Gasteiger partial charge in [0.15, 0.2) is 0 Å². The highest BCUT2D eigenvalue weighted by atomic mass is 79.9. The molecule has 3 N–H and O–H groups in total. The van der Waals surface area contributed by atoms with Crippen molar-refractivity contribution < 1.29 is 4.74 Å². The molecule has 1 unspecified atom stereocenters. The van der Waals surface area contributed by atoms with E-state index in [2.05, 4.69) is 33.5 Å². The fourth-order valence-corrected chi connectivity index (χ4v) is 2.13. The molecule has 1 aliphatic heterocycles. The SMILES string of the molecule is NNC(C1=COCCC1)c1ccc(Br)cc1. The highest BCUT2D eigenvalue weighted by Gasteiger charge is 2.17. The third-order valence-corrected chi connectivity index (χ3v) is 3.23. The van der Waals surface area contributed by atoms with Crippen LogP contribution in [-0.4, -0.2) is 6.61 Å². The number of halogens is 1. The summed E-state index contributed by atoms with van der Waals surface area (Å²) in [6.07, 6.45) is 3.92. The summed E-state index contributed by atoms with van der Waals surface area (Å²) in [5.74, 6) is 5.62. The molecule has 0 saturated heterocycles. The number of hydrogen-bond donors (Lipinski definition) is 2. The van der Waals surface area contributed by atoms with Gasteiger partial charge in [-0.25, -0.2) is 5.43 Å². The van der Waals surface area contributed by atoms with E-state index in [-0.39, 0.29) is 6.04 Å². The fraction of sp³-hybridized carbons (Fsp3) is 0.333. The summed E-state index contributed by atoms with van der Waals surface area (Å²) < 4.78 is 6.41. The van der Waals surface area contributed by atoms with Crippen molar-refractivity contribution in [3.63, 3.8) is 0 Å². The van der Waals surface area contributed by atoms with Gasteiger partial charge in [0.1, 0.15) is 0 Å². The van der Waals surface area contributed by atoms with Gasteiger partial charge >= 0.3 is 0 Å². The Bertz CT molecular complexity index is 375. The van der Waals surface area contributed by atoms with Gasteiger partial charge in [-0.3, -0.25) is 5.84 Å². The maximum Gasteiger partial charge on any atom is 0.0876 e. The zero-order chi connectivity index (χ0) is 11.4. The molecule has 0 saturated carbocycles. The van der Waals surface area contributed by atoms with Gasteiger partial charge in [-0.05, 0) is 36.1 Å². The van der Waals surface area contributed by atoms with Crippen molar-refractivity contribution in [2.75, 3.05) is 6.61 Å². The molecule has 1 heterocycles. The predicted octanol–water partition coefficient (Wildman–Crippen LogP) is 2.65. The molecule has 1 aromatic rings. The number of rotatable bonds is 3. The van der Waals surface area contributed by atoms with E-state index >= 15 is 0 Å². The van der Waals surface area contributed by atoms with Crippen LogP contribution in [0.15, 0.2) is 40.6 Å². The molecule has 1 aliphatic rings. The number of hydrogen-bond acceptors (Lipinski definition) is 3. The van der Waals surface area contributed by atoms with Crippen LogP contribution < -0.4 is 11.3 Å². The molecule has 3 nitrogen and oxygen atoms in total. The van der Waals surface area contributed by atoms with Gasteiger partial charge in [0.2, 0.25) is 0 Å². The first-order valence-corrected chi connectivity index (χ1v) is 6.12. The molecule has 4 heteroatoms. The largest absolute Gasteiger partial charge is 0.501 e. The van der Waals surface area contributed by atoms with Gasteiger partial charge in [-0.1, -0.05) is 28.1 Å². The van der Waals surface area contributed by atoms with E-state index in [9.17, 15) is 0 Å². The predicted molar refractivity (Wildman–Crippen MR) is 67.5 cm³/mol. The molecule has 2 rings (SSSR count). The molecule has 0 spiro atoms. The molecular formula is C12H15BrN2O. The summed E-state index contributed by atoms with van der Waals surface area (Å²) in [5.41, 5.74) is 5.20. The molecule has 0 aliphatic carbocycles. The van der Waals surface area contributed by atoms with Crippen LogP contribution in [0.25, 0.3) is 0 Å². The van der Waals surface area contributed by atoms with Crippen LogP contribution in [0.2, 0.25) is 0 Å². The summed E-state index contributed by atoms with van der Waals surface area (Å²) in [6, 6.07) is 8.20. The van der Waals surface area contributed by atoms with Crippen molar-refractivity contribution in [2.45, 2.75) is 18.9 Å². The number of ether oxygens (including phenoxy) is 1. The van der Waals surface area contributed by atoms with Gasteiger partial charge in [0.05, 0.1) is 18.9 Å². The molecule has 1 atom stereocenters. The van der Waals surface area contributed by atoms with E-state index in [4.69, 9.17) is 10.6 Å². The molecule has 0 amide bonds. The van der Waals surface area contributed by atoms with Crippen LogP contribution >= 0.6 is 15.9 Å². The van der Waals surface area contributed by atoms with E-state index in [1.807, 2.05) is 18.4 Å². The van der Waals surface area contributed by atoms with E-state index in [0.717, 1.165) is 29.5 Å². The van der Waals surface area contributed by atoms with E-state index < -0.39 is 0 Å². The first kappa shape index (κ1) is 11.6. The summed E-state index contributed by atoms with van der Waals surface area (Å²) in [7, 11) is 0. The highest BCUT2D eigenvalue weighted by Crippen LogP contribution is 2.27. The minimum Gasteiger partial charge on any atom is -0.501 e. The second kappa shape index (κ2) is 5.48. The lowest BCUT2D eigenvalue weighted by Crippen LogP contribution is -2.30. The third kappa shape index (κ3) is 2.64. The summed E-state index contributed by atoms with van der Waals surface area (Å²) in [6.45, 7) is 0.807. The molecule has 16 heavy (non-hydrogen) atoms. The van der Waals surface area contributed by atoms with E-state index in [1.165, 1.54) is 5.57 Å². The lowest BCUT2D eigenvalue weighted by Gasteiger charge is -2.22. The first-order chi connectivity index (χ1) is 7.81. The molecule has 1 aromatic carbocycles. The Balaban J connectivity index is 2.21. The average Bonchev–Trinajstić information content (AvgIpc) is 2.34. The number of nitrogens with two attached hydrogens (primary N) is 1. The van der Waals surface area contributed by atoms with Crippen LogP contribution in [0.5, 0.6) is 0 Å². The minimum absolute atomic E-state index is 0.0494. The number of hydrazine groups is 1. The molecule has 0 fully saturated rings. The maximum atomic E-state index is 5.62. The monoisotopic (exact) mass is 282 g/mol. The van der Waals surface area contributed by atoms with Crippen molar-refractivity contribution >= 4 is 15.9 Å². The lowest BCUT2D eigenvalue weighted by molar-refractivity contribution is 0.219. The Labute approximate surface area is 104 Å². The Hall–Kier alpha value is -0.840. The summed E-state index contributed by atoms with van der Waals surface area (Å²) in [5, 5.41) is 0. The molecule has 0 aromatic heterocycles. The zero-order valence-corrected chi connectivity index (χ0v) is 10.5. The Morgan fingerprint density at radius 2 is 2.06 bits per heavy atom. The Morgan fingerprint density at radius 1 is 1.31 bits per heavy atom. The van der Waals surface area contributed by atoms with E-state index in [0.29, 0.717) is 0 Å². The van der Waals surface area contributed by atoms with Gasteiger partial charge in [-0.2, -0.15) is 0 Å². The van der Waals surface area contributed by atoms with Crippen LogP contribution in [0.1, 0.15) is 24.4 Å². The molecule has 0 radical (unpaired) electrons. The minimum atomic E-state index is 0.0494. The van der Waals surface area contributed by atoms with Gasteiger partial charge in [0, 0.05) is 4.47 Å². The number of nitrogens with one attached hydrogen (secondary N) is 1. The van der Waals surface area contributed by atoms with Gasteiger partial charge < -0.3 is 4.74 Å². The first-order valence-electron chi connectivity index (χ1n) is 5.33. The van der Waals surface area contributed by atoms with Gasteiger partial charge in [-0.15, -0.1) is 0 Å². The summed E-state index contributed by atoms with van der Waals surface area (Å²) >= 11 is 3.42. The lowest BCUT2D eigenvalue weighted by atomic mass is 9.96. The standard InChI is InChI=1S/C12H15BrN2O/c13-11-5-3-9(4-6-11)12(15-14)10-2-1-7-16-8-10/h3-6,8,12,15H,1-2,7,14H2. The van der Waals surface area contributed by atoms with Crippen LogP contribution in [-0.2, 0) is 4.74 Å². The topological polar surface area (TPSA) is 47.3 Å². The zero-order valence-electron chi connectivity index (χ0n) is 8.95. The van der Waals surface area contributed by atoms with Crippen molar-refractivity contribution in [1.82, 2.24) is 5.43 Å². The van der Waals surface area contributed by atoms with Crippen LogP contribution in [0.3, 0.4) is 0 Å². The highest BCUT2D eigenvalue weighted by molar-refractivity contribution is 9.10. The third-order valence-electron chi connectivity index (χ3n) is 2.70. The average molecular weight is 283 g/mol. The summed E-state index contributed by atoms with van der Waals surface area (Å²) in [4.78, 5) is 0. The smallest absolute Gasteiger partial charge is 0.0876 e. The van der Waals surface area contributed by atoms with Gasteiger partial charge in [0.25, 0.3) is 0 Å².